The van der Waals surface area contributed by atoms with Crippen LogP contribution >= 0.6 is 11.3 Å². The number of hydrogen-bond donors (Lipinski definition) is 2. The van der Waals surface area contributed by atoms with Crippen molar-refractivity contribution in [3.63, 3.8) is 0 Å². The molecule has 0 saturated carbocycles. The second kappa shape index (κ2) is 4.04. The zero-order valence-electron chi connectivity index (χ0n) is 10.1. The molecule has 0 radical (unpaired) electrons. The van der Waals surface area contributed by atoms with Crippen molar-refractivity contribution in [3.05, 3.63) is 35.0 Å². The van der Waals surface area contributed by atoms with Crippen LogP contribution in [0.1, 0.15) is 36.0 Å². The van der Waals surface area contributed by atoms with E-state index in [1.165, 1.54) is 11.1 Å². The van der Waals surface area contributed by atoms with Gasteiger partial charge in [0.1, 0.15) is 0 Å². The number of aromatic nitrogens is 1. The smallest absolute Gasteiger partial charge is 0.337 e. The van der Waals surface area contributed by atoms with E-state index in [4.69, 9.17) is 5.11 Å². The van der Waals surface area contributed by atoms with Gasteiger partial charge in [0.05, 0.1) is 5.56 Å². The van der Waals surface area contributed by atoms with Crippen molar-refractivity contribution >= 4 is 17.3 Å². The molecule has 90 valence electrons. The second-order valence-electron chi connectivity index (χ2n) is 5.00. The molecule has 0 bridgehead atoms. The number of carbonyl (C=O) groups is 1. The molecule has 0 aromatic carbocycles. The lowest BCUT2D eigenvalue weighted by atomic mass is 9.95. The highest BCUT2D eigenvalue weighted by Gasteiger charge is 2.19. The van der Waals surface area contributed by atoms with Crippen LogP contribution in [0.3, 0.4) is 0 Å². The first-order valence-electron chi connectivity index (χ1n) is 5.40. The lowest BCUT2D eigenvalue weighted by molar-refractivity contribution is 0.0698. The third-order valence-corrected chi connectivity index (χ3v) is 4.13. The van der Waals surface area contributed by atoms with E-state index >= 15 is 0 Å². The summed E-state index contributed by atoms with van der Waals surface area (Å²) in [7, 11) is 0. The highest BCUT2D eigenvalue weighted by molar-refractivity contribution is 7.15. The summed E-state index contributed by atoms with van der Waals surface area (Å²) in [6.07, 6.45) is 3.26. The number of rotatable bonds is 2. The summed E-state index contributed by atoms with van der Waals surface area (Å²) < 4.78 is 0. The Kier molecular flexibility index (Phi) is 2.83. The van der Waals surface area contributed by atoms with Gasteiger partial charge in [0, 0.05) is 27.7 Å². The fraction of sp³-hybridized carbons (Fsp3) is 0.308. The number of nitrogens with one attached hydrogen (secondary N) is 1. The van der Waals surface area contributed by atoms with Crippen LogP contribution in [-0.4, -0.2) is 16.1 Å². The molecule has 2 heterocycles. The molecule has 17 heavy (non-hydrogen) atoms. The Bertz CT molecular complexity index is 546. The predicted octanol–water partition coefficient (Wildman–Crippen LogP) is 3.74. The van der Waals surface area contributed by atoms with E-state index in [1.54, 1.807) is 17.5 Å². The van der Waals surface area contributed by atoms with Gasteiger partial charge in [-0.25, -0.2) is 4.79 Å². The molecule has 2 aromatic heterocycles. The number of carboxylic acids is 1. The largest absolute Gasteiger partial charge is 0.478 e. The molecule has 0 saturated heterocycles. The summed E-state index contributed by atoms with van der Waals surface area (Å²) in [6, 6.07) is 4.06. The molecule has 0 fully saturated rings. The maximum Gasteiger partial charge on any atom is 0.337 e. The Morgan fingerprint density at radius 3 is 2.53 bits per heavy atom. The summed E-state index contributed by atoms with van der Waals surface area (Å²) in [6.45, 7) is 6.45. The van der Waals surface area contributed by atoms with Crippen LogP contribution in [-0.2, 0) is 5.41 Å². The van der Waals surface area contributed by atoms with Gasteiger partial charge in [0.2, 0.25) is 0 Å². The third kappa shape index (κ3) is 2.26. The normalized spacial score (nSPS) is 11.7. The minimum Gasteiger partial charge on any atom is -0.478 e. The Hall–Kier alpha value is -1.55. The van der Waals surface area contributed by atoms with Gasteiger partial charge in [-0.1, -0.05) is 20.8 Å². The van der Waals surface area contributed by atoms with Gasteiger partial charge in [-0.05, 0) is 17.5 Å². The molecule has 2 N–H and O–H groups in total. The van der Waals surface area contributed by atoms with E-state index in [-0.39, 0.29) is 5.41 Å². The maximum atomic E-state index is 11.0. The maximum absolute atomic E-state index is 11.0. The van der Waals surface area contributed by atoms with Gasteiger partial charge in [-0.3, -0.25) is 0 Å². The number of hydrogen-bond acceptors (Lipinski definition) is 2. The summed E-state index contributed by atoms with van der Waals surface area (Å²) in [5.41, 5.74) is 1.19. The fourth-order valence-corrected chi connectivity index (χ4v) is 2.72. The molecule has 0 unspecified atom stereocenters. The Labute approximate surface area is 104 Å². The van der Waals surface area contributed by atoms with Crippen LogP contribution < -0.4 is 0 Å². The highest BCUT2D eigenvalue weighted by atomic mass is 32.1. The number of aromatic amines is 1. The lowest BCUT2D eigenvalue weighted by Gasteiger charge is -2.15. The molecular formula is C13H15NO2S. The van der Waals surface area contributed by atoms with Crippen LogP contribution in [0.5, 0.6) is 0 Å². The van der Waals surface area contributed by atoms with Gasteiger partial charge < -0.3 is 10.1 Å². The van der Waals surface area contributed by atoms with Crippen LogP contribution in [0.2, 0.25) is 0 Å². The van der Waals surface area contributed by atoms with E-state index in [1.807, 2.05) is 6.07 Å². The molecule has 0 spiro atoms. The Balaban J connectivity index is 2.44. The zero-order chi connectivity index (χ0) is 12.6. The van der Waals surface area contributed by atoms with Gasteiger partial charge >= 0.3 is 5.97 Å². The van der Waals surface area contributed by atoms with Crippen molar-refractivity contribution in [2.75, 3.05) is 0 Å². The molecule has 3 nitrogen and oxygen atoms in total. The SMILES string of the molecule is CC(C)(C)c1ccc(-c2c[nH]cc2C(=O)O)s1. The third-order valence-electron chi connectivity index (χ3n) is 2.59. The van der Waals surface area contributed by atoms with E-state index in [9.17, 15) is 4.79 Å². The van der Waals surface area contributed by atoms with Crippen molar-refractivity contribution in [2.24, 2.45) is 0 Å². The minimum atomic E-state index is -0.896. The molecule has 0 amide bonds. The van der Waals surface area contributed by atoms with E-state index in [0.29, 0.717) is 5.56 Å². The molecule has 0 aliphatic heterocycles. The standard InChI is InChI=1S/C13H15NO2S/c1-13(2,3)11-5-4-10(17-11)8-6-14-7-9(8)12(15)16/h4-7,14H,1-3H3,(H,15,16). The van der Waals surface area contributed by atoms with Gasteiger partial charge in [-0.2, -0.15) is 0 Å². The van der Waals surface area contributed by atoms with Crippen molar-refractivity contribution in [2.45, 2.75) is 26.2 Å². The Morgan fingerprint density at radius 1 is 1.29 bits per heavy atom. The highest BCUT2D eigenvalue weighted by Crippen LogP contribution is 2.36. The van der Waals surface area contributed by atoms with Crippen molar-refractivity contribution in [1.82, 2.24) is 4.98 Å². The van der Waals surface area contributed by atoms with Crippen LogP contribution in [0.25, 0.3) is 10.4 Å². The molecule has 0 atom stereocenters. The zero-order valence-corrected chi connectivity index (χ0v) is 10.9. The monoisotopic (exact) mass is 249 g/mol. The molecule has 2 aromatic rings. The summed E-state index contributed by atoms with van der Waals surface area (Å²) in [5.74, 6) is -0.896. The van der Waals surface area contributed by atoms with Crippen LogP contribution in [0.15, 0.2) is 24.5 Å². The summed E-state index contributed by atoms with van der Waals surface area (Å²) in [5, 5.41) is 9.07. The van der Waals surface area contributed by atoms with E-state index in [0.717, 1.165) is 10.4 Å². The van der Waals surface area contributed by atoms with E-state index in [2.05, 4.69) is 31.8 Å². The first-order chi connectivity index (χ1) is 7.89. The van der Waals surface area contributed by atoms with Crippen molar-refractivity contribution < 1.29 is 9.90 Å². The molecular weight excluding hydrogens is 234 g/mol. The average molecular weight is 249 g/mol. The van der Waals surface area contributed by atoms with Crippen LogP contribution in [0.4, 0.5) is 0 Å². The van der Waals surface area contributed by atoms with Crippen molar-refractivity contribution in [1.29, 1.82) is 0 Å². The number of aromatic carboxylic acids is 1. The fourth-order valence-electron chi connectivity index (χ4n) is 1.63. The average Bonchev–Trinajstić information content (AvgIpc) is 2.85. The molecule has 2 rings (SSSR count). The van der Waals surface area contributed by atoms with Crippen molar-refractivity contribution in [3.8, 4) is 10.4 Å². The molecule has 4 heteroatoms. The topological polar surface area (TPSA) is 53.1 Å². The quantitative estimate of drug-likeness (QED) is 0.851. The predicted molar refractivity (Wildman–Crippen MR) is 69.8 cm³/mol. The minimum absolute atomic E-state index is 0.0998. The number of carboxylic acid groups (broad SMARTS) is 1. The van der Waals surface area contributed by atoms with Gasteiger partial charge in [0.25, 0.3) is 0 Å². The lowest BCUT2D eigenvalue weighted by Crippen LogP contribution is -2.07. The molecule has 0 aliphatic carbocycles. The van der Waals surface area contributed by atoms with E-state index < -0.39 is 5.97 Å². The first-order valence-corrected chi connectivity index (χ1v) is 6.22. The van der Waals surface area contributed by atoms with Crippen LogP contribution in [0, 0.1) is 0 Å². The Morgan fingerprint density at radius 2 is 2.00 bits per heavy atom. The summed E-state index contributed by atoms with van der Waals surface area (Å²) >= 11 is 1.65. The molecule has 0 aliphatic rings. The second-order valence-corrected chi connectivity index (χ2v) is 6.09. The van der Waals surface area contributed by atoms with Gasteiger partial charge in [-0.15, -0.1) is 11.3 Å². The van der Waals surface area contributed by atoms with Gasteiger partial charge in [0.15, 0.2) is 0 Å². The number of thiophene rings is 1. The first kappa shape index (κ1) is 11.9. The summed E-state index contributed by atoms with van der Waals surface area (Å²) in [4.78, 5) is 16.1. The number of H-pyrrole nitrogens is 1.